The van der Waals surface area contributed by atoms with Gasteiger partial charge in [0.1, 0.15) is 6.07 Å². The van der Waals surface area contributed by atoms with Gasteiger partial charge in [0.05, 0.1) is 11.3 Å². The van der Waals surface area contributed by atoms with Crippen molar-refractivity contribution in [1.29, 1.82) is 5.26 Å². The molecule has 0 aliphatic carbocycles. The molecule has 1 N–H and O–H groups in total. The number of nitriles is 1. The van der Waals surface area contributed by atoms with Gasteiger partial charge in [-0.15, -0.1) is 11.3 Å². The van der Waals surface area contributed by atoms with Gasteiger partial charge in [0.25, 0.3) is 0 Å². The topological polar surface area (TPSA) is 35.8 Å². The molecule has 0 saturated carbocycles. The Morgan fingerprint density at radius 3 is 2.52 bits per heavy atom. The van der Waals surface area contributed by atoms with E-state index >= 15 is 0 Å². The number of para-hydroxylation sites is 1. The summed E-state index contributed by atoms with van der Waals surface area (Å²) in [6.07, 6.45) is 0. The standard InChI is InChI=1S/C18H14N2S/c19-11-15-8-4-5-9-18(15)20-12-17-10-16(13-21-17)14-6-2-1-3-7-14/h1-10,13,20H,12H2. The maximum atomic E-state index is 9.08. The van der Waals surface area contributed by atoms with Crippen LogP contribution in [0.4, 0.5) is 5.69 Å². The van der Waals surface area contributed by atoms with Crippen molar-refractivity contribution in [3.63, 3.8) is 0 Å². The second-order valence-corrected chi connectivity index (χ2v) is 5.67. The van der Waals surface area contributed by atoms with Crippen LogP contribution in [0.2, 0.25) is 0 Å². The maximum Gasteiger partial charge on any atom is 0.101 e. The largest absolute Gasteiger partial charge is 0.379 e. The number of nitrogens with one attached hydrogen (secondary N) is 1. The van der Waals surface area contributed by atoms with Crippen LogP contribution in [-0.2, 0) is 6.54 Å². The molecule has 2 aromatic carbocycles. The number of nitrogens with zero attached hydrogens (tertiary/aromatic N) is 1. The predicted molar refractivity (Wildman–Crippen MR) is 88.2 cm³/mol. The highest BCUT2D eigenvalue weighted by molar-refractivity contribution is 7.10. The first-order chi connectivity index (χ1) is 10.4. The van der Waals surface area contributed by atoms with Crippen molar-refractivity contribution in [3.8, 4) is 17.2 Å². The van der Waals surface area contributed by atoms with Gasteiger partial charge in [-0.25, -0.2) is 0 Å². The van der Waals surface area contributed by atoms with Crippen molar-refractivity contribution in [3.05, 3.63) is 76.5 Å². The Bertz CT molecular complexity index is 769. The van der Waals surface area contributed by atoms with Crippen molar-refractivity contribution in [2.75, 3.05) is 5.32 Å². The average molecular weight is 290 g/mol. The lowest BCUT2D eigenvalue weighted by atomic mass is 10.1. The van der Waals surface area contributed by atoms with Crippen molar-refractivity contribution in [1.82, 2.24) is 0 Å². The summed E-state index contributed by atoms with van der Waals surface area (Å²) >= 11 is 1.73. The third kappa shape index (κ3) is 3.13. The number of thiophene rings is 1. The van der Waals surface area contributed by atoms with Gasteiger partial charge >= 0.3 is 0 Å². The summed E-state index contributed by atoms with van der Waals surface area (Å²) in [5, 5.41) is 14.6. The number of rotatable bonds is 4. The molecule has 1 aromatic heterocycles. The van der Waals surface area contributed by atoms with E-state index < -0.39 is 0 Å². The van der Waals surface area contributed by atoms with E-state index in [0.29, 0.717) is 5.56 Å². The number of hydrogen-bond acceptors (Lipinski definition) is 3. The van der Waals surface area contributed by atoms with Crippen LogP contribution in [0.1, 0.15) is 10.4 Å². The van der Waals surface area contributed by atoms with Crippen LogP contribution < -0.4 is 5.32 Å². The molecule has 3 heteroatoms. The van der Waals surface area contributed by atoms with Gasteiger partial charge in [-0.2, -0.15) is 5.26 Å². The molecule has 3 aromatic rings. The summed E-state index contributed by atoms with van der Waals surface area (Å²) < 4.78 is 0. The van der Waals surface area contributed by atoms with E-state index in [0.717, 1.165) is 12.2 Å². The van der Waals surface area contributed by atoms with Crippen LogP contribution >= 0.6 is 11.3 Å². The minimum absolute atomic E-state index is 0.678. The highest BCUT2D eigenvalue weighted by atomic mass is 32.1. The molecular weight excluding hydrogens is 276 g/mol. The lowest BCUT2D eigenvalue weighted by Gasteiger charge is -2.06. The van der Waals surface area contributed by atoms with Crippen LogP contribution in [0.15, 0.2) is 66.0 Å². The van der Waals surface area contributed by atoms with Crippen molar-refractivity contribution < 1.29 is 0 Å². The molecule has 0 fully saturated rings. The third-order valence-electron chi connectivity index (χ3n) is 3.26. The molecule has 3 rings (SSSR count). The van der Waals surface area contributed by atoms with E-state index in [1.807, 2.05) is 42.5 Å². The normalized spacial score (nSPS) is 10.0. The second-order valence-electron chi connectivity index (χ2n) is 4.68. The average Bonchev–Trinajstić information content (AvgIpc) is 3.03. The Morgan fingerprint density at radius 2 is 1.71 bits per heavy atom. The Balaban J connectivity index is 1.72. The third-order valence-corrected chi connectivity index (χ3v) is 4.20. The van der Waals surface area contributed by atoms with Gasteiger partial charge in [-0.1, -0.05) is 42.5 Å². The molecule has 2 nitrogen and oxygen atoms in total. The van der Waals surface area contributed by atoms with Crippen molar-refractivity contribution in [2.45, 2.75) is 6.54 Å². The Hall–Kier alpha value is -2.57. The SMILES string of the molecule is N#Cc1ccccc1NCc1cc(-c2ccccc2)cs1. The molecule has 21 heavy (non-hydrogen) atoms. The summed E-state index contributed by atoms with van der Waals surface area (Å²) in [7, 11) is 0. The molecular formula is C18H14N2S. The van der Waals surface area contributed by atoms with E-state index in [-0.39, 0.29) is 0 Å². The van der Waals surface area contributed by atoms with Crippen molar-refractivity contribution in [2.24, 2.45) is 0 Å². The second kappa shape index (κ2) is 6.25. The van der Waals surface area contributed by atoms with Gasteiger partial charge in [-0.3, -0.25) is 0 Å². The van der Waals surface area contributed by atoms with Crippen LogP contribution in [0.5, 0.6) is 0 Å². The van der Waals surface area contributed by atoms with Crippen LogP contribution in [-0.4, -0.2) is 0 Å². The first-order valence-corrected chi connectivity index (χ1v) is 7.60. The number of anilines is 1. The van der Waals surface area contributed by atoms with Gasteiger partial charge < -0.3 is 5.32 Å². The molecule has 0 radical (unpaired) electrons. The molecule has 0 bridgehead atoms. The monoisotopic (exact) mass is 290 g/mol. The molecule has 102 valence electrons. The highest BCUT2D eigenvalue weighted by Crippen LogP contribution is 2.26. The minimum Gasteiger partial charge on any atom is -0.379 e. The first-order valence-electron chi connectivity index (χ1n) is 6.72. The van der Waals surface area contributed by atoms with Gasteiger partial charge in [-0.05, 0) is 34.7 Å². The Labute approximate surface area is 128 Å². The molecule has 0 unspecified atom stereocenters. The molecule has 0 aliphatic rings. The quantitative estimate of drug-likeness (QED) is 0.742. The van der Waals surface area contributed by atoms with E-state index in [9.17, 15) is 0 Å². The summed E-state index contributed by atoms with van der Waals surface area (Å²) in [5.41, 5.74) is 4.04. The van der Waals surface area contributed by atoms with E-state index in [1.54, 1.807) is 11.3 Å². The van der Waals surface area contributed by atoms with Crippen LogP contribution in [0, 0.1) is 11.3 Å². The van der Waals surface area contributed by atoms with Crippen LogP contribution in [0.3, 0.4) is 0 Å². The molecule has 0 amide bonds. The summed E-state index contributed by atoms with van der Waals surface area (Å²) in [4.78, 5) is 1.25. The number of hydrogen-bond donors (Lipinski definition) is 1. The zero-order valence-corrected chi connectivity index (χ0v) is 12.2. The Kier molecular flexibility index (Phi) is 3.99. The first kappa shape index (κ1) is 13.4. The van der Waals surface area contributed by atoms with Gasteiger partial charge in [0.15, 0.2) is 0 Å². The zero-order valence-electron chi connectivity index (χ0n) is 11.4. The fourth-order valence-electron chi connectivity index (χ4n) is 2.17. The lowest BCUT2D eigenvalue weighted by molar-refractivity contribution is 1.19. The number of benzene rings is 2. The molecule has 0 aliphatic heterocycles. The summed E-state index contributed by atoms with van der Waals surface area (Å²) in [6.45, 7) is 0.732. The van der Waals surface area contributed by atoms with Crippen LogP contribution in [0.25, 0.3) is 11.1 Å². The highest BCUT2D eigenvalue weighted by Gasteiger charge is 2.04. The lowest BCUT2D eigenvalue weighted by Crippen LogP contribution is -1.99. The van der Waals surface area contributed by atoms with Gasteiger partial charge in [0, 0.05) is 11.4 Å². The van der Waals surface area contributed by atoms with E-state index in [1.165, 1.54) is 16.0 Å². The minimum atomic E-state index is 0.678. The fraction of sp³-hybridized carbons (Fsp3) is 0.0556. The summed E-state index contributed by atoms with van der Waals surface area (Å²) in [5.74, 6) is 0. The van der Waals surface area contributed by atoms with E-state index in [2.05, 4.69) is 35.0 Å². The predicted octanol–water partition coefficient (Wildman–Crippen LogP) is 4.90. The van der Waals surface area contributed by atoms with E-state index in [4.69, 9.17) is 5.26 Å². The fourth-order valence-corrected chi connectivity index (χ4v) is 3.01. The van der Waals surface area contributed by atoms with Crippen molar-refractivity contribution >= 4 is 17.0 Å². The Morgan fingerprint density at radius 1 is 0.952 bits per heavy atom. The summed E-state index contributed by atoms with van der Waals surface area (Å²) in [6, 6.07) is 22.3. The molecule has 0 spiro atoms. The smallest absolute Gasteiger partial charge is 0.101 e. The van der Waals surface area contributed by atoms with Gasteiger partial charge in [0.2, 0.25) is 0 Å². The maximum absolute atomic E-state index is 9.08. The molecule has 0 saturated heterocycles. The zero-order chi connectivity index (χ0) is 14.5. The molecule has 0 atom stereocenters. The molecule has 1 heterocycles.